The topological polar surface area (TPSA) is 50.2 Å². The maximum absolute atomic E-state index is 12.1. The van der Waals surface area contributed by atoms with Gasteiger partial charge in [0.15, 0.2) is 0 Å². The quantitative estimate of drug-likeness (QED) is 0.853. The Bertz CT molecular complexity index is 391. The number of imidazole rings is 1. The van der Waals surface area contributed by atoms with Crippen LogP contribution in [-0.4, -0.2) is 40.0 Å². The standard InChI is InChI=1S/C13H22N4O/c1-3-16(4-2)13(18)9-17-10-14-8-12(17)11-6-5-7-15-11/h8,10-11,15H,3-7,9H2,1-2H3. The maximum Gasteiger partial charge on any atom is 0.242 e. The van der Waals surface area contributed by atoms with E-state index in [2.05, 4.69) is 10.3 Å². The van der Waals surface area contributed by atoms with Gasteiger partial charge in [0.1, 0.15) is 6.54 Å². The molecular weight excluding hydrogens is 228 g/mol. The Morgan fingerprint density at radius 2 is 2.33 bits per heavy atom. The van der Waals surface area contributed by atoms with Gasteiger partial charge in [0.05, 0.1) is 12.0 Å². The zero-order chi connectivity index (χ0) is 13.0. The van der Waals surface area contributed by atoms with Gasteiger partial charge < -0.3 is 14.8 Å². The Kier molecular flexibility index (Phi) is 4.36. The molecule has 2 heterocycles. The minimum absolute atomic E-state index is 0.164. The summed E-state index contributed by atoms with van der Waals surface area (Å²) >= 11 is 0. The molecule has 0 spiro atoms. The summed E-state index contributed by atoms with van der Waals surface area (Å²) in [6.45, 7) is 7.00. The van der Waals surface area contributed by atoms with E-state index in [1.54, 1.807) is 6.33 Å². The fourth-order valence-corrected chi connectivity index (χ4v) is 2.51. The predicted octanol–water partition coefficient (Wildman–Crippen LogP) is 1.18. The van der Waals surface area contributed by atoms with Crippen molar-refractivity contribution < 1.29 is 4.79 Å². The van der Waals surface area contributed by atoms with E-state index in [9.17, 15) is 4.79 Å². The number of hydrogen-bond acceptors (Lipinski definition) is 3. The summed E-state index contributed by atoms with van der Waals surface area (Å²) in [4.78, 5) is 18.1. The highest BCUT2D eigenvalue weighted by Gasteiger charge is 2.21. The third-order valence-electron chi connectivity index (χ3n) is 3.58. The van der Waals surface area contributed by atoms with Crippen LogP contribution < -0.4 is 5.32 Å². The summed E-state index contributed by atoms with van der Waals surface area (Å²) < 4.78 is 1.98. The monoisotopic (exact) mass is 250 g/mol. The third kappa shape index (κ3) is 2.72. The van der Waals surface area contributed by atoms with Crippen molar-refractivity contribution in [2.75, 3.05) is 19.6 Å². The van der Waals surface area contributed by atoms with Crippen LogP contribution in [0.15, 0.2) is 12.5 Å². The molecule has 5 nitrogen and oxygen atoms in total. The van der Waals surface area contributed by atoms with E-state index in [0.717, 1.165) is 31.7 Å². The first-order valence-electron chi connectivity index (χ1n) is 6.77. The van der Waals surface area contributed by atoms with Crippen LogP contribution in [0.4, 0.5) is 0 Å². The van der Waals surface area contributed by atoms with Gasteiger partial charge in [0, 0.05) is 25.3 Å². The van der Waals surface area contributed by atoms with Crippen LogP contribution in [0, 0.1) is 0 Å². The van der Waals surface area contributed by atoms with E-state index >= 15 is 0 Å². The van der Waals surface area contributed by atoms with Crippen LogP contribution in [0.2, 0.25) is 0 Å². The van der Waals surface area contributed by atoms with Gasteiger partial charge in [-0.25, -0.2) is 4.98 Å². The van der Waals surface area contributed by atoms with E-state index in [1.807, 2.05) is 29.5 Å². The van der Waals surface area contributed by atoms with Gasteiger partial charge in [0.25, 0.3) is 0 Å². The summed E-state index contributed by atoms with van der Waals surface area (Å²) in [6, 6.07) is 0.358. The van der Waals surface area contributed by atoms with Crippen molar-refractivity contribution in [1.29, 1.82) is 0 Å². The molecule has 1 fully saturated rings. The summed E-state index contributed by atoms with van der Waals surface area (Å²) in [5.41, 5.74) is 1.13. The van der Waals surface area contributed by atoms with Gasteiger partial charge >= 0.3 is 0 Å². The molecule has 0 aliphatic carbocycles. The molecule has 1 aromatic rings. The molecule has 1 N–H and O–H groups in total. The molecule has 2 rings (SSSR count). The first-order valence-corrected chi connectivity index (χ1v) is 6.77. The average Bonchev–Trinajstić information content (AvgIpc) is 3.00. The van der Waals surface area contributed by atoms with Crippen LogP contribution >= 0.6 is 0 Å². The molecule has 1 aliphatic heterocycles. The second-order valence-corrected chi connectivity index (χ2v) is 4.66. The fraction of sp³-hybridized carbons (Fsp3) is 0.692. The highest BCUT2D eigenvalue weighted by Crippen LogP contribution is 2.22. The second-order valence-electron chi connectivity index (χ2n) is 4.66. The SMILES string of the molecule is CCN(CC)C(=O)Cn1cncc1C1CCCN1. The van der Waals surface area contributed by atoms with Crippen molar-refractivity contribution >= 4 is 5.91 Å². The Labute approximate surface area is 108 Å². The number of carbonyl (C=O) groups is 1. The molecule has 1 aliphatic rings. The van der Waals surface area contributed by atoms with E-state index in [0.29, 0.717) is 12.6 Å². The molecule has 1 saturated heterocycles. The van der Waals surface area contributed by atoms with Gasteiger partial charge in [0.2, 0.25) is 5.91 Å². The average molecular weight is 250 g/mol. The molecule has 0 aromatic carbocycles. The normalized spacial score (nSPS) is 19.1. The molecule has 1 amide bonds. The van der Waals surface area contributed by atoms with Crippen molar-refractivity contribution in [1.82, 2.24) is 19.8 Å². The first-order chi connectivity index (χ1) is 8.76. The molecule has 100 valence electrons. The van der Waals surface area contributed by atoms with Crippen LogP contribution in [0.25, 0.3) is 0 Å². The minimum Gasteiger partial charge on any atom is -0.342 e. The van der Waals surface area contributed by atoms with Gasteiger partial charge in [-0.1, -0.05) is 0 Å². The predicted molar refractivity (Wildman–Crippen MR) is 70.1 cm³/mol. The molecule has 18 heavy (non-hydrogen) atoms. The van der Waals surface area contributed by atoms with Crippen molar-refractivity contribution in [3.8, 4) is 0 Å². The largest absolute Gasteiger partial charge is 0.342 e. The van der Waals surface area contributed by atoms with Crippen LogP contribution in [0.5, 0.6) is 0 Å². The van der Waals surface area contributed by atoms with Gasteiger partial charge in [-0.05, 0) is 33.2 Å². The zero-order valence-corrected chi connectivity index (χ0v) is 11.2. The molecule has 0 radical (unpaired) electrons. The highest BCUT2D eigenvalue weighted by molar-refractivity contribution is 5.76. The first kappa shape index (κ1) is 13.1. The van der Waals surface area contributed by atoms with Gasteiger partial charge in [-0.3, -0.25) is 4.79 Å². The van der Waals surface area contributed by atoms with Crippen molar-refractivity contribution in [3.05, 3.63) is 18.2 Å². The lowest BCUT2D eigenvalue weighted by molar-refractivity contribution is -0.131. The Balaban J connectivity index is 2.05. The molecule has 0 bridgehead atoms. The number of hydrogen-bond donors (Lipinski definition) is 1. The summed E-state index contributed by atoms with van der Waals surface area (Å²) in [6.07, 6.45) is 5.96. The number of amides is 1. The van der Waals surface area contributed by atoms with Crippen molar-refractivity contribution in [3.63, 3.8) is 0 Å². The Hall–Kier alpha value is -1.36. The fourth-order valence-electron chi connectivity index (χ4n) is 2.51. The number of nitrogens with zero attached hydrogens (tertiary/aromatic N) is 3. The third-order valence-corrected chi connectivity index (χ3v) is 3.58. The van der Waals surface area contributed by atoms with Crippen molar-refractivity contribution in [2.24, 2.45) is 0 Å². The Morgan fingerprint density at radius 3 is 2.94 bits per heavy atom. The summed E-state index contributed by atoms with van der Waals surface area (Å²) in [5, 5.41) is 3.44. The van der Waals surface area contributed by atoms with E-state index in [4.69, 9.17) is 0 Å². The number of likely N-dealkylation sites (N-methyl/N-ethyl adjacent to an activating group) is 1. The number of carbonyl (C=O) groups excluding carboxylic acids is 1. The van der Waals surface area contributed by atoms with Gasteiger partial charge in [-0.2, -0.15) is 0 Å². The molecule has 1 aromatic heterocycles. The smallest absolute Gasteiger partial charge is 0.242 e. The van der Waals surface area contributed by atoms with Crippen LogP contribution in [0.1, 0.15) is 38.4 Å². The van der Waals surface area contributed by atoms with Crippen LogP contribution in [0.3, 0.4) is 0 Å². The number of rotatable bonds is 5. The molecular formula is C13H22N4O. The number of nitrogens with one attached hydrogen (secondary N) is 1. The lowest BCUT2D eigenvalue weighted by atomic mass is 10.2. The summed E-state index contributed by atoms with van der Waals surface area (Å²) in [7, 11) is 0. The molecule has 0 saturated carbocycles. The second kappa shape index (κ2) is 6.00. The lowest BCUT2D eigenvalue weighted by Gasteiger charge is -2.20. The Morgan fingerprint density at radius 1 is 1.56 bits per heavy atom. The molecule has 1 atom stereocenters. The van der Waals surface area contributed by atoms with E-state index in [1.165, 1.54) is 6.42 Å². The summed E-state index contributed by atoms with van der Waals surface area (Å²) in [5.74, 6) is 0.164. The van der Waals surface area contributed by atoms with Crippen molar-refractivity contribution in [2.45, 2.75) is 39.3 Å². The highest BCUT2D eigenvalue weighted by atomic mass is 16.2. The lowest BCUT2D eigenvalue weighted by Crippen LogP contribution is -2.34. The zero-order valence-electron chi connectivity index (χ0n) is 11.2. The van der Waals surface area contributed by atoms with E-state index in [-0.39, 0.29) is 5.91 Å². The van der Waals surface area contributed by atoms with Gasteiger partial charge in [-0.15, -0.1) is 0 Å². The maximum atomic E-state index is 12.1. The number of aromatic nitrogens is 2. The molecule has 1 unspecified atom stereocenters. The molecule has 5 heteroatoms. The van der Waals surface area contributed by atoms with E-state index < -0.39 is 0 Å². The van der Waals surface area contributed by atoms with Crippen LogP contribution in [-0.2, 0) is 11.3 Å². The minimum atomic E-state index is 0.164.